The van der Waals surface area contributed by atoms with Gasteiger partial charge in [0, 0.05) is 22.3 Å². The summed E-state index contributed by atoms with van der Waals surface area (Å²) in [7, 11) is 0. The van der Waals surface area contributed by atoms with Gasteiger partial charge in [0.15, 0.2) is 0 Å². The number of hydrogen-bond acceptors (Lipinski definition) is 4. The summed E-state index contributed by atoms with van der Waals surface area (Å²) in [5.41, 5.74) is 7.40. The van der Waals surface area contributed by atoms with E-state index in [0.717, 1.165) is 28.7 Å². The average molecular weight is 359 g/mol. The molecule has 0 aromatic heterocycles. The predicted octanol–water partition coefficient (Wildman–Crippen LogP) is 2.86. The minimum Gasteiger partial charge on any atom is -0.465 e. The van der Waals surface area contributed by atoms with E-state index < -0.39 is 0 Å². The van der Waals surface area contributed by atoms with Crippen LogP contribution in [-0.4, -0.2) is 30.7 Å². The standard InChI is InChI=1S/C14H19BrN2O2S/c1-3-8-17(9-12(18)19-4-2)11-7-5-6-10(15)13(11)14(16)20/h5-7H,3-4,8-9H2,1-2H3,(H2,16,20). The second-order valence-corrected chi connectivity index (χ2v) is 5.52. The van der Waals surface area contributed by atoms with Crippen molar-refractivity contribution in [2.75, 3.05) is 24.6 Å². The molecule has 0 bridgehead atoms. The number of hydrogen-bond donors (Lipinski definition) is 1. The number of nitrogens with zero attached hydrogens (tertiary/aromatic N) is 1. The summed E-state index contributed by atoms with van der Waals surface area (Å²) < 4.78 is 5.84. The smallest absolute Gasteiger partial charge is 0.325 e. The molecule has 0 saturated heterocycles. The van der Waals surface area contributed by atoms with Crippen LogP contribution in [0.5, 0.6) is 0 Å². The Kier molecular flexibility index (Phi) is 6.95. The van der Waals surface area contributed by atoms with E-state index in [9.17, 15) is 4.79 Å². The van der Waals surface area contributed by atoms with Crippen molar-refractivity contribution in [1.82, 2.24) is 0 Å². The van der Waals surface area contributed by atoms with Gasteiger partial charge in [0.1, 0.15) is 11.5 Å². The van der Waals surface area contributed by atoms with Crippen LogP contribution in [0, 0.1) is 0 Å². The Morgan fingerprint density at radius 1 is 1.45 bits per heavy atom. The monoisotopic (exact) mass is 358 g/mol. The summed E-state index contributed by atoms with van der Waals surface area (Å²) in [6, 6.07) is 5.69. The first-order chi connectivity index (χ1) is 9.51. The number of benzene rings is 1. The predicted molar refractivity (Wildman–Crippen MR) is 89.2 cm³/mol. The molecule has 0 spiro atoms. The fraction of sp³-hybridized carbons (Fsp3) is 0.429. The van der Waals surface area contributed by atoms with Crippen molar-refractivity contribution in [3.05, 3.63) is 28.2 Å². The summed E-state index contributed by atoms with van der Waals surface area (Å²) in [5.74, 6) is -0.255. The molecule has 4 nitrogen and oxygen atoms in total. The maximum absolute atomic E-state index is 11.7. The molecule has 0 amide bonds. The van der Waals surface area contributed by atoms with Gasteiger partial charge in [0.05, 0.1) is 6.61 Å². The highest BCUT2D eigenvalue weighted by Crippen LogP contribution is 2.28. The molecule has 110 valence electrons. The molecule has 0 saturated carbocycles. The number of halogens is 1. The molecular weight excluding hydrogens is 340 g/mol. The number of thiocarbonyl (C=S) groups is 1. The lowest BCUT2D eigenvalue weighted by molar-refractivity contribution is -0.141. The Bertz CT molecular complexity index is 494. The van der Waals surface area contributed by atoms with Crippen molar-refractivity contribution in [3.8, 4) is 0 Å². The van der Waals surface area contributed by atoms with Crippen molar-refractivity contribution in [3.63, 3.8) is 0 Å². The molecule has 0 atom stereocenters. The molecule has 1 rings (SSSR count). The Hall–Kier alpha value is -1.14. The fourth-order valence-electron chi connectivity index (χ4n) is 1.94. The largest absolute Gasteiger partial charge is 0.465 e. The molecule has 0 radical (unpaired) electrons. The summed E-state index contributed by atoms with van der Waals surface area (Å²) in [5, 5.41) is 0. The van der Waals surface area contributed by atoms with Crippen molar-refractivity contribution in [2.45, 2.75) is 20.3 Å². The highest BCUT2D eigenvalue weighted by molar-refractivity contribution is 9.10. The molecule has 0 aliphatic heterocycles. The zero-order valence-corrected chi connectivity index (χ0v) is 14.1. The average Bonchev–Trinajstić information content (AvgIpc) is 2.37. The van der Waals surface area contributed by atoms with E-state index in [1.807, 2.05) is 23.1 Å². The van der Waals surface area contributed by atoms with Crippen LogP contribution in [0.2, 0.25) is 0 Å². The Balaban J connectivity index is 3.11. The Morgan fingerprint density at radius 3 is 2.70 bits per heavy atom. The minimum absolute atomic E-state index is 0.188. The number of rotatable bonds is 7. The molecule has 6 heteroatoms. The quantitative estimate of drug-likeness (QED) is 0.599. The first-order valence-corrected chi connectivity index (χ1v) is 7.70. The Labute approximate surface area is 133 Å². The van der Waals surface area contributed by atoms with Crippen LogP contribution in [0.4, 0.5) is 5.69 Å². The van der Waals surface area contributed by atoms with Gasteiger partial charge in [0.25, 0.3) is 0 Å². The van der Waals surface area contributed by atoms with Gasteiger partial charge < -0.3 is 15.4 Å². The molecule has 2 N–H and O–H groups in total. The van der Waals surface area contributed by atoms with Gasteiger partial charge in [-0.2, -0.15) is 0 Å². The van der Waals surface area contributed by atoms with Crippen molar-refractivity contribution in [1.29, 1.82) is 0 Å². The van der Waals surface area contributed by atoms with Gasteiger partial charge in [-0.15, -0.1) is 0 Å². The molecular formula is C14H19BrN2O2S. The number of nitrogens with two attached hydrogens (primary N) is 1. The lowest BCUT2D eigenvalue weighted by Gasteiger charge is -2.26. The van der Waals surface area contributed by atoms with Crippen LogP contribution in [0.1, 0.15) is 25.8 Å². The molecule has 0 aliphatic carbocycles. The number of ether oxygens (including phenoxy) is 1. The maximum Gasteiger partial charge on any atom is 0.325 e. The summed E-state index contributed by atoms with van der Waals surface area (Å²) in [4.78, 5) is 14.0. The lowest BCUT2D eigenvalue weighted by atomic mass is 10.1. The van der Waals surface area contributed by atoms with E-state index in [0.29, 0.717) is 11.6 Å². The third-order valence-corrected chi connectivity index (χ3v) is 3.56. The number of carbonyl (C=O) groups is 1. The Morgan fingerprint density at radius 2 is 2.15 bits per heavy atom. The van der Waals surface area contributed by atoms with Crippen molar-refractivity contribution >= 4 is 44.8 Å². The summed E-state index contributed by atoms with van der Waals surface area (Å²) in [6.45, 7) is 5.14. The molecule has 0 heterocycles. The SMILES string of the molecule is CCCN(CC(=O)OCC)c1cccc(Br)c1C(N)=S. The van der Waals surface area contributed by atoms with E-state index in [1.165, 1.54) is 0 Å². The third-order valence-electron chi connectivity index (χ3n) is 2.70. The van der Waals surface area contributed by atoms with Crippen LogP contribution >= 0.6 is 28.1 Å². The third kappa shape index (κ3) is 4.45. The number of esters is 1. The van der Waals surface area contributed by atoms with E-state index in [-0.39, 0.29) is 12.5 Å². The maximum atomic E-state index is 11.7. The van der Waals surface area contributed by atoms with Gasteiger partial charge in [-0.1, -0.05) is 25.2 Å². The van der Waals surface area contributed by atoms with Gasteiger partial charge in [-0.3, -0.25) is 4.79 Å². The van der Waals surface area contributed by atoms with Crippen LogP contribution in [0.15, 0.2) is 22.7 Å². The number of carbonyl (C=O) groups excluding carboxylic acids is 1. The highest BCUT2D eigenvalue weighted by atomic mass is 79.9. The number of anilines is 1. The van der Waals surface area contributed by atoms with Crippen LogP contribution < -0.4 is 10.6 Å². The van der Waals surface area contributed by atoms with Crippen LogP contribution in [0.3, 0.4) is 0 Å². The van der Waals surface area contributed by atoms with Gasteiger partial charge in [-0.05, 0) is 41.4 Å². The topological polar surface area (TPSA) is 55.6 Å². The fourth-order valence-corrected chi connectivity index (χ4v) is 2.85. The molecule has 20 heavy (non-hydrogen) atoms. The van der Waals surface area contributed by atoms with Gasteiger partial charge >= 0.3 is 5.97 Å². The molecule has 0 unspecified atom stereocenters. The van der Waals surface area contributed by atoms with Gasteiger partial charge in [-0.25, -0.2) is 0 Å². The highest BCUT2D eigenvalue weighted by Gasteiger charge is 2.18. The van der Waals surface area contributed by atoms with Gasteiger partial charge in [0.2, 0.25) is 0 Å². The normalized spacial score (nSPS) is 10.2. The van der Waals surface area contributed by atoms with Crippen molar-refractivity contribution < 1.29 is 9.53 Å². The van der Waals surface area contributed by atoms with E-state index in [2.05, 4.69) is 22.9 Å². The van der Waals surface area contributed by atoms with Crippen molar-refractivity contribution in [2.24, 2.45) is 5.73 Å². The molecule has 0 fully saturated rings. The molecule has 0 aliphatic rings. The second kappa shape index (κ2) is 8.21. The lowest BCUT2D eigenvalue weighted by Crippen LogP contribution is -2.33. The summed E-state index contributed by atoms with van der Waals surface area (Å²) in [6.07, 6.45) is 0.905. The summed E-state index contributed by atoms with van der Waals surface area (Å²) >= 11 is 8.56. The first-order valence-electron chi connectivity index (χ1n) is 6.50. The minimum atomic E-state index is -0.255. The molecule has 1 aromatic rings. The van der Waals surface area contributed by atoms with E-state index >= 15 is 0 Å². The van der Waals surface area contributed by atoms with E-state index in [1.54, 1.807) is 6.92 Å². The van der Waals surface area contributed by atoms with Crippen LogP contribution in [-0.2, 0) is 9.53 Å². The molecule has 1 aromatic carbocycles. The first kappa shape index (κ1) is 16.9. The zero-order chi connectivity index (χ0) is 15.1. The van der Waals surface area contributed by atoms with E-state index in [4.69, 9.17) is 22.7 Å². The van der Waals surface area contributed by atoms with Crippen LogP contribution in [0.25, 0.3) is 0 Å². The zero-order valence-electron chi connectivity index (χ0n) is 11.7. The second-order valence-electron chi connectivity index (χ2n) is 4.22.